The second kappa shape index (κ2) is 7.96. The molecule has 1 aliphatic heterocycles. The van der Waals surface area contributed by atoms with Crippen LogP contribution in [0.3, 0.4) is 0 Å². The van der Waals surface area contributed by atoms with Gasteiger partial charge >= 0.3 is 0 Å². The van der Waals surface area contributed by atoms with Crippen molar-refractivity contribution >= 4 is 16.5 Å². The topological polar surface area (TPSA) is 31.4 Å². The van der Waals surface area contributed by atoms with E-state index in [4.69, 9.17) is 0 Å². The van der Waals surface area contributed by atoms with E-state index in [0.717, 1.165) is 32.1 Å². The molecule has 0 saturated carbocycles. The van der Waals surface area contributed by atoms with Crippen molar-refractivity contribution in [1.29, 1.82) is 0 Å². The van der Waals surface area contributed by atoms with Crippen molar-refractivity contribution < 1.29 is 0 Å². The van der Waals surface area contributed by atoms with Gasteiger partial charge in [-0.1, -0.05) is 20.8 Å². The number of thiazole rings is 1. The Labute approximate surface area is 127 Å². The Morgan fingerprint density at radius 3 is 2.70 bits per heavy atom. The standard InChI is InChI=1S/C15H28N4S/c1-4-5-16-10-14-11-17-15(20-14)19-8-6-18(7-9-19)12-13(2)3/h11,13,16H,4-10,12H2,1-3H3. The number of piperazine rings is 1. The summed E-state index contributed by atoms with van der Waals surface area (Å²) < 4.78 is 0. The van der Waals surface area contributed by atoms with Crippen LogP contribution in [0.1, 0.15) is 32.1 Å². The van der Waals surface area contributed by atoms with Gasteiger partial charge in [0.2, 0.25) is 0 Å². The Kier molecular flexibility index (Phi) is 6.26. The summed E-state index contributed by atoms with van der Waals surface area (Å²) in [6, 6.07) is 0. The van der Waals surface area contributed by atoms with Gasteiger partial charge in [-0.3, -0.25) is 4.90 Å². The number of nitrogens with zero attached hydrogens (tertiary/aromatic N) is 3. The molecule has 1 aliphatic rings. The Morgan fingerprint density at radius 1 is 1.30 bits per heavy atom. The fourth-order valence-corrected chi connectivity index (χ4v) is 3.48. The SMILES string of the molecule is CCCNCc1cnc(N2CCN(CC(C)C)CC2)s1. The van der Waals surface area contributed by atoms with Gasteiger partial charge in [-0.05, 0) is 18.9 Å². The third-order valence-electron chi connectivity index (χ3n) is 3.53. The molecule has 1 N–H and O–H groups in total. The van der Waals surface area contributed by atoms with Crippen LogP contribution in [0.5, 0.6) is 0 Å². The Morgan fingerprint density at radius 2 is 2.05 bits per heavy atom. The number of nitrogens with one attached hydrogen (secondary N) is 1. The maximum Gasteiger partial charge on any atom is 0.185 e. The predicted octanol–water partition coefficient (Wildman–Crippen LogP) is 2.42. The number of anilines is 1. The molecule has 0 amide bonds. The molecule has 0 atom stereocenters. The zero-order chi connectivity index (χ0) is 14.4. The van der Waals surface area contributed by atoms with Crippen molar-refractivity contribution in [1.82, 2.24) is 15.2 Å². The molecule has 1 fully saturated rings. The first-order valence-electron chi connectivity index (χ1n) is 7.81. The molecule has 1 saturated heterocycles. The van der Waals surface area contributed by atoms with Crippen LogP contribution in [0.15, 0.2) is 6.20 Å². The first-order valence-corrected chi connectivity index (χ1v) is 8.63. The Bertz CT molecular complexity index is 383. The van der Waals surface area contributed by atoms with Crippen molar-refractivity contribution in [3.8, 4) is 0 Å². The van der Waals surface area contributed by atoms with E-state index in [-0.39, 0.29) is 0 Å². The van der Waals surface area contributed by atoms with Gasteiger partial charge in [0.05, 0.1) is 0 Å². The molecule has 5 heteroatoms. The van der Waals surface area contributed by atoms with Crippen LogP contribution in [0, 0.1) is 5.92 Å². The third-order valence-corrected chi connectivity index (χ3v) is 4.59. The van der Waals surface area contributed by atoms with Crippen molar-refractivity contribution in [2.24, 2.45) is 5.92 Å². The fourth-order valence-electron chi connectivity index (χ4n) is 2.55. The molecule has 0 aliphatic carbocycles. The first kappa shape index (κ1) is 15.7. The monoisotopic (exact) mass is 296 g/mol. The van der Waals surface area contributed by atoms with Gasteiger partial charge in [0, 0.05) is 50.3 Å². The lowest BCUT2D eigenvalue weighted by molar-refractivity contribution is 0.231. The minimum Gasteiger partial charge on any atom is -0.346 e. The Balaban J connectivity index is 1.78. The molecule has 0 bridgehead atoms. The van der Waals surface area contributed by atoms with Crippen LogP contribution >= 0.6 is 11.3 Å². The highest BCUT2D eigenvalue weighted by Gasteiger charge is 2.19. The highest BCUT2D eigenvalue weighted by molar-refractivity contribution is 7.15. The van der Waals surface area contributed by atoms with Gasteiger partial charge in [-0.25, -0.2) is 4.98 Å². The van der Waals surface area contributed by atoms with E-state index >= 15 is 0 Å². The summed E-state index contributed by atoms with van der Waals surface area (Å²) in [5.74, 6) is 0.762. The lowest BCUT2D eigenvalue weighted by Crippen LogP contribution is -2.47. The van der Waals surface area contributed by atoms with Crippen LogP contribution < -0.4 is 10.2 Å². The summed E-state index contributed by atoms with van der Waals surface area (Å²) in [5.41, 5.74) is 0. The summed E-state index contributed by atoms with van der Waals surface area (Å²) in [5, 5.41) is 4.64. The van der Waals surface area contributed by atoms with Gasteiger partial charge in [0.1, 0.15) is 0 Å². The maximum absolute atomic E-state index is 4.59. The maximum atomic E-state index is 4.59. The zero-order valence-corrected chi connectivity index (χ0v) is 13.9. The lowest BCUT2D eigenvalue weighted by atomic mass is 10.2. The van der Waals surface area contributed by atoms with Gasteiger partial charge in [-0.15, -0.1) is 11.3 Å². The summed E-state index contributed by atoms with van der Waals surface area (Å²) in [6.07, 6.45) is 3.21. The molecule has 2 heterocycles. The van der Waals surface area contributed by atoms with Gasteiger partial charge < -0.3 is 10.2 Å². The number of hydrogen-bond acceptors (Lipinski definition) is 5. The molecule has 114 valence electrons. The van der Waals surface area contributed by atoms with E-state index in [2.05, 4.69) is 40.9 Å². The largest absolute Gasteiger partial charge is 0.346 e. The highest BCUT2D eigenvalue weighted by atomic mass is 32.1. The second-order valence-electron chi connectivity index (χ2n) is 5.97. The van der Waals surface area contributed by atoms with E-state index in [1.165, 1.54) is 36.1 Å². The molecule has 2 rings (SSSR count). The Hall–Kier alpha value is -0.650. The van der Waals surface area contributed by atoms with E-state index < -0.39 is 0 Å². The molecule has 1 aromatic rings. The highest BCUT2D eigenvalue weighted by Crippen LogP contribution is 2.23. The summed E-state index contributed by atoms with van der Waals surface area (Å²) in [4.78, 5) is 10.9. The van der Waals surface area contributed by atoms with Crippen molar-refractivity contribution in [2.75, 3.05) is 44.2 Å². The molecular formula is C15H28N4S. The van der Waals surface area contributed by atoms with Gasteiger partial charge in [0.15, 0.2) is 5.13 Å². The summed E-state index contributed by atoms with van der Waals surface area (Å²) in [6.45, 7) is 14.6. The van der Waals surface area contributed by atoms with Crippen molar-refractivity contribution in [3.05, 3.63) is 11.1 Å². The van der Waals surface area contributed by atoms with Crippen LogP contribution in [0.2, 0.25) is 0 Å². The zero-order valence-electron chi connectivity index (χ0n) is 13.1. The molecule has 4 nitrogen and oxygen atoms in total. The second-order valence-corrected chi connectivity index (χ2v) is 7.06. The van der Waals surface area contributed by atoms with Crippen LogP contribution in [0.4, 0.5) is 5.13 Å². The molecule has 0 aromatic carbocycles. The minimum atomic E-state index is 0.762. The predicted molar refractivity (Wildman–Crippen MR) is 87.6 cm³/mol. The average molecular weight is 296 g/mol. The number of rotatable bonds is 7. The smallest absolute Gasteiger partial charge is 0.185 e. The van der Waals surface area contributed by atoms with E-state index in [1.54, 1.807) is 0 Å². The van der Waals surface area contributed by atoms with Crippen LogP contribution in [-0.2, 0) is 6.54 Å². The molecule has 0 radical (unpaired) electrons. The van der Waals surface area contributed by atoms with Gasteiger partial charge in [-0.2, -0.15) is 0 Å². The molecule has 1 aromatic heterocycles. The van der Waals surface area contributed by atoms with Crippen molar-refractivity contribution in [2.45, 2.75) is 33.7 Å². The summed E-state index contributed by atoms with van der Waals surface area (Å²) >= 11 is 1.84. The van der Waals surface area contributed by atoms with Gasteiger partial charge in [0.25, 0.3) is 0 Å². The summed E-state index contributed by atoms with van der Waals surface area (Å²) in [7, 11) is 0. The van der Waals surface area contributed by atoms with E-state index in [9.17, 15) is 0 Å². The molecule has 0 unspecified atom stereocenters. The van der Waals surface area contributed by atoms with Crippen LogP contribution in [-0.4, -0.2) is 49.2 Å². The number of hydrogen-bond donors (Lipinski definition) is 1. The van der Waals surface area contributed by atoms with E-state index in [0.29, 0.717) is 0 Å². The molecular weight excluding hydrogens is 268 g/mol. The normalized spacial score (nSPS) is 17.1. The average Bonchev–Trinajstić information content (AvgIpc) is 2.88. The lowest BCUT2D eigenvalue weighted by Gasteiger charge is -2.35. The number of aromatic nitrogens is 1. The quantitative estimate of drug-likeness (QED) is 0.783. The fraction of sp³-hybridized carbons (Fsp3) is 0.800. The first-order chi connectivity index (χ1) is 9.69. The molecule has 0 spiro atoms. The third kappa shape index (κ3) is 4.72. The van der Waals surface area contributed by atoms with Crippen molar-refractivity contribution in [3.63, 3.8) is 0 Å². The molecule has 20 heavy (non-hydrogen) atoms. The van der Waals surface area contributed by atoms with Crippen LogP contribution in [0.25, 0.3) is 0 Å². The minimum absolute atomic E-state index is 0.762. The van der Waals surface area contributed by atoms with E-state index in [1.807, 2.05) is 17.5 Å².